The van der Waals surface area contributed by atoms with Crippen LogP contribution in [-0.4, -0.2) is 30.7 Å². The van der Waals surface area contributed by atoms with Crippen molar-refractivity contribution in [2.24, 2.45) is 5.92 Å². The number of nitrogens with zero attached hydrogens (tertiary/aromatic N) is 4. The molecule has 0 aliphatic carbocycles. The van der Waals surface area contributed by atoms with E-state index in [4.69, 9.17) is 0 Å². The summed E-state index contributed by atoms with van der Waals surface area (Å²) in [5.74, 6) is -3.96. The van der Waals surface area contributed by atoms with E-state index in [-0.39, 0.29) is 40.1 Å². The Kier molecular flexibility index (Phi) is 4.75. The van der Waals surface area contributed by atoms with E-state index >= 15 is 0 Å². The lowest BCUT2D eigenvalue weighted by Crippen LogP contribution is -2.23. The van der Waals surface area contributed by atoms with E-state index in [1.807, 2.05) is 0 Å². The first-order valence-electron chi connectivity index (χ1n) is 8.88. The number of rotatable bonds is 4. The van der Waals surface area contributed by atoms with Crippen LogP contribution in [0.25, 0.3) is 22.2 Å². The third kappa shape index (κ3) is 3.51. The first-order chi connectivity index (χ1) is 14.1. The minimum absolute atomic E-state index is 0.0667. The Morgan fingerprint density at radius 2 is 1.90 bits per heavy atom. The molecule has 11 heteroatoms. The predicted octanol–water partition coefficient (Wildman–Crippen LogP) is 3.74. The van der Waals surface area contributed by atoms with Crippen LogP contribution in [-0.2, 0) is 13.0 Å². The monoisotopic (exact) mass is 423 g/mol. The molecule has 0 spiro atoms. The molecule has 0 saturated heterocycles. The quantitative estimate of drug-likeness (QED) is 0.508. The molecule has 0 bridgehead atoms. The molecule has 4 aromatic rings. The second kappa shape index (κ2) is 7.15. The predicted molar refractivity (Wildman–Crippen MR) is 97.8 cm³/mol. The molecule has 0 fully saturated rings. The summed E-state index contributed by atoms with van der Waals surface area (Å²) >= 11 is 0. The van der Waals surface area contributed by atoms with Crippen molar-refractivity contribution in [2.75, 3.05) is 0 Å². The van der Waals surface area contributed by atoms with Crippen molar-refractivity contribution in [1.29, 1.82) is 0 Å². The molecule has 1 atom stereocenters. The molecule has 3 heterocycles. The van der Waals surface area contributed by atoms with E-state index in [0.717, 1.165) is 13.0 Å². The summed E-state index contributed by atoms with van der Waals surface area (Å²) in [5.41, 5.74) is -0.356. The number of imidazole rings is 1. The van der Waals surface area contributed by atoms with Crippen molar-refractivity contribution >= 4 is 22.2 Å². The molecule has 0 saturated carbocycles. The van der Waals surface area contributed by atoms with Gasteiger partial charge in [0.05, 0.1) is 18.0 Å². The number of fused-ring (bicyclic) bond motifs is 2. The SMILES string of the molecule is C[C@@H](Cc1nc2nccnc2n1Cc1cc(=O)[nH]c2c(F)c(F)ccc12)C(F)(F)F. The fraction of sp³-hybridized carbons (Fsp3) is 0.263. The van der Waals surface area contributed by atoms with Gasteiger partial charge in [0, 0.05) is 30.3 Å². The number of H-pyrrole nitrogens is 1. The summed E-state index contributed by atoms with van der Waals surface area (Å²) in [7, 11) is 0. The molecule has 0 unspecified atom stereocenters. The van der Waals surface area contributed by atoms with Crippen molar-refractivity contribution in [3.8, 4) is 0 Å². The van der Waals surface area contributed by atoms with Crippen molar-refractivity contribution in [2.45, 2.75) is 26.1 Å². The van der Waals surface area contributed by atoms with Gasteiger partial charge in [0.1, 0.15) is 5.82 Å². The van der Waals surface area contributed by atoms with E-state index in [1.165, 1.54) is 29.1 Å². The maximum atomic E-state index is 14.2. The number of halogens is 5. The maximum Gasteiger partial charge on any atom is 0.391 e. The Labute approximate surface area is 165 Å². The summed E-state index contributed by atoms with van der Waals surface area (Å²) in [6.45, 7) is 0.909. The summed E-state index contributed by atoms with van der Waals surface area (Å²) in [6.07, 6.45) is -2.15. The van der Waals surface area contributed by atoms with Crippen molar-refractivity contribution in [3.05, 3.63) is 64.0 Å². The van der Waals surface area contributed by atoms with E-state index in [9.17, 15) is 26.7 Å². The number of hydrogen-bond donors (Lipinski definition) is 1. The van der Waals surface area contributed by atoms with Gasteiger partial charge in [-0.25, -0.2) is 23.7 Å². The van der Waals surface area contributed by atoms with Gasteiger partial charge in [-0.3, -0.25) is 4.79 Å². The highest BCUT2D eigenvalue weighted by Gasteiger charge is 2.37. The molecular formula is C19H14F5N5O. The Morgan fingerprint density at radius 3 is 2.63 bits per heavy atom. The Morgan fingerprint density at radius 1 is 1.17 bits per heavy atom. The number of aromatic amines is 1. The highest BCUT2D eigenvalue weighted by Crippen LogP contribution is 2.30. The van der Waals surface area contributed by atoms with E-state index in [1.54, 1.807) is 0 Å². The van der Waals surface area contributed by atoms with Gasteiger partial charge in [0.25, 0.3) is 0 Å². The fourth-order valence-corrected chi connectivity index (χ4v) is 3.25. The van der Waals surface area contributed by atoms with Gasteiger partial charge >= 0.3 is 6.18 Å². The zero-order valence-corrected chi connectivity index (χ0v) is 15.5. The number of nitrogens with one attached hydrogen (secondary N) is 1. The minimum Gasteiger partial charge on any atom is -0.319 e. The molecule has 1 aromatic carbocycles. The third-order valence-electron chi connectivity index (χ3n) is 4.83. The molecule has 0 radical (unpaired) electrons. The number of alkyl halides is 3. The van der Waals surface area contributed by atoms with Gasteiger partial charge in [-0.2, -0.15) is 13.2 Å². The fourth-order valence-electron chi connectivity index (χ4n) is 3.25. The molecule has 6 nitrogen and oxygen atoms in total. The van der Waals surface area contributed by atoms with Crippen LogP contribution in [0.15, 0.2) is 35.4 Å². The highest BCUT2D eigenvalue weighted by molar-refractivity contribution is 5.82. The topological polar surface area (TPSA) is 76.5 Å². The lowest BCUT2D eigenvalue weighted by molar-refractivity contribution is -0.169. The molecular weight excluding hydrogens is 409 g/mol. The van der Waals surface area contributed by atoms with E-state index in [0.29, 0.717) is 0 Å². The van der Waals surface area contributed by atoms with E-state index < -0.39 is 35.7 Å². The summed E-state index contributed by atoms with van der Waals surface area (Å²) < 4.78 is 68.4. The molecule has 1 N–H and O–H groups in total. The van der Waals surface area contributed by atoms with Crippen LogP contribution >= 0.6 is 0 Å². The molecule has 0 aliphatic rings. The van der Waals surface area contributed by atoms with Gasteiger partial charge in [-0.05, 0) is 17.7 Å². The first kappa shape index (κ1) is 19.9. The number of hydrogen-bond acceptors (Lipinski definition) is 4. The molecule has 0 aliphatic heterocycles. The van der Waals surface area contributed by atoms with Gasteiger partial charge in [-0.1, -0.05) is 6.92 Å². The van der Waals surface area contributed by atoms with Gasteiger partial charge in [-0.15, -0.1) is 0 Å². The highest BCUT2D eigenvalue weighted by atomic mass is 19.4. The average molecular weight is 423 g/mol. The summed E-state index contributed by atoms with van der Waals surface area (Å²) in [5, 5.41) is 0.217. The number of aromatic nitrogens is 5. The van der Waals surface area contributed by atoms with Crippen LogP contribution in [0.4, 0.5) is 22.0 Å². The standard InChI is InChI=1S/C19H14F5N5O/c1-9(19(22,23)24)6-13-27-17-18(26-5-4-25-17)29(13)8-10-7-14(30)28-16-11(10)2-3-12(20)15(16)21/h2-5,7,9H,6,8H2,1H3,(H,28,30)/t9-/m0/s1. The average Bonchev–Trinajstić information content (AvgIpc) is 3.01. The number of pyridine rings is 1. The normalized spacial score (nSPS) is 13.3. The van der Waals surface area contributed by atoms with Crippen molar-refractivity contribution in [1.82, 2.24) is 24.5 Å². The van der Waals surface area contributed by atoms with Crippen LogP contribution in [0, 0.1) is 17.6 Å². The Balaban J connectivity index is 1.88. The summed E-state index contributed by atoms with van der Waals surface area (Å²) in [6, 6.07) is 3.39. The Hall–Kier alpha value is -3.37. The minimum atomic E-state index is -4.43. The van der Waals surface area contributed by atoms with Crippen molar-refractivity contribution < 1.29 is 22.0 Å². The molecule has 156 valence electrons. The lowest BCUT2D eigenvalue weighted by Gasteiger charge is -2.16. The van der Waals surface area contributed by atoms with Gasteiger partial charge in [0.15, 0.2) is 22.9 Å². The Bertz CT molecular complexity index is 1310. The summed E-state index contributed by atoms with van der Waals surface area (Å²) in [4.78, 5) is 26.6. The second-order valence-corrected chi connectivity index (χ2v) is 6.91. The largest absolute Gasteiger partial charge is 0.391 e. The molecule has 0 amide bonds. The molecule has 4 rings (SSSR count). The molecule has 3 aromatic heterocycles. The zero-order chi connectivity index (χ0) is 21.6. The van der Waals surface area contributed by atoms with Crippen LogP contribution in [0.1, 0.15) is 18.3 Å². The van der Waals surface area contributed by atoms with Crippen LogP contribution in [0.3, 0.4) is 0 Å². The van der Waals surface area contributed by atoms with Crippen LogP contribution < -0.4 is 5.56 Å². The van der Waals surface area contributed by atoms with E-state index in [2.05, 4.69) is 19.9 Å². The lowest BCUT2D eigenvalue weighted by atomic mass is 10.1. The molecule has 30 heavy (non-hydrogen) atoms. The van der Waals surface area contributed by atoms with Crippen molar-refractivity contribution in [3.63, 3.8) is 0 Å². The van der Waals surface area contributed by atoms with Crippen LogP contribution in [0.2, 0.25) is 0 Å². The third-order valence-corrected chi connectivity index (χ3v) is 4.83. The smallest absolute Gasteiger partial charge is 0.319 e. The first-order valence-corrected chi connectivity index (χ1v) is 8.88. The van der Waals surface area contributed by atoms with Crippen LogP contribution in [0.5, 0.6) is 0 Å². The van der Waals surface area contributed by atoms with Gasteiger partial charge in [0.2, 0.25) is 5.56 Å². The maximum absolute atomic E-state index is 14.2. The zero-order valence-electron chi connectivity index (χ0n) is 15.5. The van der Waals surface area contributed by atoms with Gasteiger partial charge < -0.3 is 9.55 Å². The number of benzene rings is 1. The second-order valence-electron chi connectivity index (χ2n) is 6.91.